The second-order valence-corrected chi connectivity index (χ2v) is 15.5. The molecule has 1 aliphatic rings. The topological polar surface area (TPSA) is 136 Å². The van der Waals surface area contributed by atoms with E-state index in [1.165, 1.54) is 25.0 Å². The maximum Gasteiger partial charge on any atom is 0.302 e. The molecule has 0 saturated heterocycles. The Hall–Kier alpha value is -5.11. The van der Waals surface area contributed by atoms with E-state index < -0.39 is 5.60 Å². The summed E-state index contributed by atoms with van der Waals surface area (Å²) in [4.78, 5) is 26.8. The van der Waals surface area contributed by atoms with E-state index in [0.29, 0.717) is 18.7 Å². The normalized spacial score (nSPS) is 14.3. The first-order valence-corrected chi connectivity index (χ1v) is 17.2. The lowest BCUT2D eigenvalue weighted by Gasteiger charge is -2.28. The first-order valence-electron chi connectivity index (χ1n) is 16.4. The number of rotatable bonds is 11. The maximum absolute atomic E-state index is 11.3. The molecule has 3 rings (SSSR count). The molecule has 0 atom stereocenters. The lowest BCUT2D eigenvalue weighted by molar-refractivity contribution is -0.141. The van der Waals surface area contributed by atoms with Gasteiger partial charge < -0.3 is 19.1 Å². The van der Waals surface area contributed by atoms with Crippen molar-refractivity contribution in [2.45, 2.75) is 85.7 Å². The molecule has 2 aromatic rings. The molecule has 0 spiro atoms. The fourth-order valence-electron chi connectivity index (χ4n) is 5.77. The zero-order valence-electron chi connectivity index (χ0n) is 30.7. The average Bonchev–Trinajstić information content (AvgIpc) is 3.53. The van der Waals surface area contributed by atoms with Gasteiger partial charge in [-0.05, 0) is 65.7 Å². The van der Waals surface area contributed by atoms with Gasteiger partial charge >= 0.3 is 11.9 Å². The lowest BCUT2D eigenvalue weighted by Crippen LogP contribution is -2.31. The van der Waals surface area contributed by atoms with Crippen LogP contribution in [0.1, 0.15) is 95.7 Å². The number of hydrogen-bond donors (Lipinski definition) is 0. The molecule has 0 aliphatic carbocycles. The summed E-state index contributed by atoms with van der Waals surface area (Å²) in [6.45, 7) is 20.9. The van der Waals surface area contributed by atoms with Gasteiger partial charge in [-0.2, -0.15) is 15.8 Å². The molecule has 10 heteroatoms. The fraction of sp³-hybridized carbons (Fsp3) is 0.425. The van der Waals surface area contributed by atoms with Crippen molar-refractivity contribution in [3.05, 3.63) is 79.3 Å². The summed E-state index contributed by atoms with van der Waals surface area (Å²) in [6, 6.07) is 13.9. The molecule has 1 aromatic heterocycles. The minimum absolute atomic E-state index is 0.0197. The monoisotopic (exact) mass is 694 g/mol. The van der Waals surface area contributed by atoms with Crippen LogP contribution in [0.25, 0.3) is 18.2 Å². The number of ether oxygens (including phenoxy) is 3. The van der Waals surface area contributed by atoms with E-state index in [1.807, 2.05) is 67.3 Å². The number of anilines is 1. The van der Waals surface area contributed by atoms with Gasteiger partial charge in [-0.25, -0.2) is 0 Å². The summed E-state index contributed by atoms with van der Waals surface area (Å²) in [5.41, 5.74) is 3.62. The Morgan fingerprint density at radius 2 is 1.30 bits per heavy atom. The molecular weight excluding hydrogens is 649 g/mol. The number of thiophene rings is 1. The van der Waals surface area contributed by atoms with Gasteiger partial charge in [0.05, 0.1) is 13.1 Å². The number of nitriles is 3. The van der Waals surface area contributed by atoms with Gasteiger partial charge in [0.1, 0.15) is 42.6 Å². The zero-order chi connectivity index (χ0) is 37.4. The third-order valence-corrected chi connectivity index (χ3v) is 9.07. The number of carbonyl (C=O) groups is 2. The third kappa shape index (κ3) is 9.74. The van der Waals surface area contributed by atoms with E-state index >= 15 is 0 Å². The Balaban J connectivity index is 2.06. The minimum atomic E-state index is -0.909. The summed E-state index contributed by atoms with van der Waals surface area (Å²) in [5.74, 6) is -0.678. The highest BCUT2D eigenvalue weighted by Gasteiger charge is 2.39. The van der Waals surface area contributed by atoms with Gasteiger partial charge in [-0.15, -0.1) is 11.3 Å². The Kier molecular flexibility index (Phi) is 12.6. The Labute approximate surface area is 300 Å². The highest BCUT2D eigenvalue weighted by atomic mass is 32.1. The summed E-state index contributed by atoms with van der Waals surface area (Å²) in [6.07, 6.45) is 8.12. The molecule has 1 aliphatic heterocycles. The molecule has 0 radical (unpaired) electrons. The highest BCUT2D eigenvalue weighted by molar-refractivity contribution is 7.14. The largest absolute Gasteiger partial charge is 0.480 e. The van der Waals surface area contributed by atoms with E-state index in [0.717, 1.165) is 21.0 Å². The van der Waals surface area contributed by atoms with E-state index in [4.69, 9.17) is 14.2 Å². The lowest BCUT2D eigenvalue weighted by atomic mass is 9.75. The van der Waals surface area contributed by atoms with Crippen molar-refractivity contribution in [1.82, 2.24) is 0 Å². The zero-order valence-corrected chi connectivity index (χ0v) is 31.5. The first-order chi connectivity index (χ1) is 23.3. The van der Waals surface area contributed by atoms with Crippen molar-refractivity contribution in [1.29, 1.82) is 15.8 Å². The maximum atomic E-state index is 11.3. The van der Waals surface area contributed by atoms with Crippen LogP contribution in [-0.4, -0.2) is 43.8 Å². The van der Waals surface area contributed by atoms with Gasteiger partial charge in [0.2, 0.25) is 0 Å². The Bertz CT molecular complexity index is 1820. The molecular formula is C40H46N4O5S. The Morgan fingerprint density at radius 3 is 1.72 bits per heavy atom. The number of nitrogens with zero attached hydrogens (tertiary/aromatic N) is 4. The van der Waals surface area contributed by atoms with Crippen LogP contribution >= 0.6 is 11.3 Å². The minimum Gasteiger partial charge on any atom is -0.480 e. The van der Waals surface area contributed by atoms with Gasteiger partial charge in [0.25, 0.3) is 0 Å². The summed E-state index contributed by atoms with van der Waals surface area (Å²) in [5, 5.41) is 29.0. The van der Waals surface area contributed by atoms with Crippen LogP contribution in [0.3, 0.4) is 0 Å². The second-order valence-electron chi connectivity index (χ2n) is 14.4. The van der Waals surface area contributed by atoms with E-state index in [9.17, 15) is 25.4 Å². The molecule has 1 aromatic carbocycles. The molecule has 0 saturated carbocycles. The quantitative estimate of drug-likeness (QED) is 0.168. The van der Waals surface area contributed by atoms with Gasteiger partial charge in [-0.1, -0.05) is 65.8 Å². The van der Waals surface area contributed by atoms with Gasteiger partial charge in [0, 0.05) is 34.9 Å². The SMILES string of the molecule is CC(=O)OCCN(CCOC(C)=O)c1ccc(/C=C/c2sc(/C=C/C3=C(C#N)C(=C(C#N)C#N)OC3(C)C)c(C(C)(C)C)c2C(C)(C)C)cc1. The van der Waals surface area contributed by atoms with Crippen molar-refractivity contribution >= 4 is 47.2 Å². The predicted octanol–water partition coefficient (Wildman–Crippen LogP) is 8.39. The molecule has 0 fully saturated rings. The molecule has 0 amide bonds. The molecule has 0 bridgehead atoms. The third-order valence-electron chi connectivity index (χ3n) is 7.95. The predicted molar refractivity (Wildman–Crippen MR) is 198 cm³/mol. The van der Waals surface area contributed by atoms with Crippen LogP contribution in [0, 0.1) is 34.0 Å². The van der Waals surface area contributed by atoms with Crippen molar-refractivity contribution < 1.29 is 23.8 Å². The fourth-order valence-corrected chi connectivity index (χ4v) is 7.30. The van der Waals surface area contributed by atoms with E-state index in [2.05, 4.69) is 59.8 Å². The number of benzene rings is 1. The molecule has 2 heterocycles. The number of hydrogen-bond acceptors (Lipinski definition) is 10. The average molecular weight is 695 g/mol. The van der Waals surface area contributed by atoms with Crippen LogP contribution in [0.4, 0.5) is 5.69 Å². The van der Waals surface area contributed by atoms with Crippen molar-refractivity contribution in [3.8, 4) is 18.2 Å². The summed E-state index contributed by atoms with van der Waals surface area (Å²) >= 11 is 1.67. The van der Waals surface area contributed by atoms with Gasteiger partial charge in [-0.3, -0.25) is 9.59 Å². The van der Waals surface area contributed by atoms with Crippen LogP contribution in [0.15, 0.2) is 52.8 Å². The summed E-state index contributed by atoms with van der Waals surface area (Å²) < 4.78 is 16.3. The van der Waals surface area contributed by atoms with Crippen LogP contribution in [-0.2, 0) is 34.6 Å². The van der Waals surface area contributed by atoms with E-state index in [-0.39, 0.29) is 52.9 Å². The van der Waals surface area contributed by atoms with Gasteiger partial charge in [0.15, 0.2) is 11.3 Å². The number of allylic oxidation sites excluding steroid dienone is 2. The standard InChI is InChI=1S/C40H46N4O5S/c1-26(45)47-21-19-44(20-22-48-27(2)46)30-14-11-28(12-15-30)13-17-33-35(38(3,4)5)36(39(6,7)8)34(50-33)18-16-32-31(25-43)37(29(23-41)24-42)49-40(32,9)10/h11-18H,19-22H2,1-10H3/b17-13+,18-16+. The highest BCUT2D eigenvalue weighted by Crippen LogP contribution is 2.46. The van der Waals surface area contributed by atoms with Crippen molar-refractivity contribution in [2.75, 3.05) is 31.2 Å². The first kappa shape index (κ1) is 39.3. The molecule has 262 valence electrons. The molecule has 0 unspecified atom stereocenters. The van der Waals surface area contributed by atoms with Crippen molar-refractivity contribution in [3.63, 3.8) is 0 Å². The van der Waals surface area contributed by atoms with Crippen molar-refractivity contribution in [2.24, 2.45) is 0 Å². The number of esters is 2. The molecule has 50 heavy (non-hydrogen) atoms. The molecule has 9 nitrogen and oxygen atoms in total. The second kappa shape index (κ2) is 16.1. The van der Waals surface area contributed by atoms with E-state index in [1.54, 1.807) is 11.3 Å². The molecule has 0 N–H and O–H groups in total. The summed E-state index contributed by atoms with van der Waals surface area (Å²) in [7, 11) is 0. The number of carbonyl (C=O) groups excluding carboxylic acids is 2. The Morgan fingerprint density at radius 1 is 0.820 bits per heavy atom. The smallest absolute Gasteiger partial charge is 0.302 e. The van der Waals surface area contributed by atoms with Crippen LogP contribution in [0.5, 0.6) is 0 Å². The van der Waals surface area contributed by atoms with Crippen LogP contribution < -0.4 is 4.90 Å². The van der Waals surface area contributed by atoms with Crippen LogP contribution in [0.2, 0.25) is 0 Å².